The molecular weight excluding hydrogens is 458 g/mol. The molecule has 0 aliphatic carbocycles. The largest absolute Gasteiger partial charge is 0.457 e. The van der Waals surface area contributed by atoms with Crippen LogP contribution in [0, 0.1) is 0 Å². The van der Waals surface area contributed by atoms with Crippen molar-refractivity contribution < 1.29 is 13.2 Å². The minimum absolute atomic E-state index is 0.195. The molecule has 33 heavy (non-hydrogen) atoms. The van der Waals surface area contributed by atoms with E-state index in [1.54, 1.807) is 36.4 Å². The number of rotatable bonds is 8. The van der Waals surface area contributed by atoms with Crippen LogP contribution in [-0.4, -0.2) is 58.0 Å². The maximum absolute atomic E-state index is 13.2. The lowest BCUT2D eigenvalue weighted by Crippen LogP contribution is -2.47. The van der Waals surface area contributed by atoms with E-state index in [4.69, 9.17) is 16.3 Å². The molecule has 1 saturated heterocycles. The van der Waals surface area contributed by atoms with Crippen LogP contribution < -0.4 is 9.46 Å². The Morgan fingerprint density at radius 3 is 2.12 bits per heavy atom. The second kappa shape index (κ2) is 10.7. The van der Waals surface area contributed by atoms with Crippen molar-refractivity contribution in [3.8, 4) is 11.5 Å². The molecule has 1 heterocycles. The SMILES string of the molecule is CN1CCN(CC(NS(=O)(=O)c2ccc(Oc3ccccc3)cc2)c2ccc(Cl)cc2)CC1. The average molecular weight is 486 g/mol. The zero-order chi connectivity index (χ0) is 23.3. The van der Waals surface area contributed by atoms with Crippen molar-refractivity contribution in [2.24, 2.45) is 0 Å². The summed E-state index contributed by atoms with van der Waals surface area (Å²) in [5.41, 5.74) is 0.880. The lowest BCUT2D eigenvalue weighted by Gasteiger charge is -2.35. The van der Waals surface area contributed by atoms with Crippen LogP contribution in [0.15, 0.2) is 83.8 Å². The van der Waals surface area contributed by atoms with Gasteiger partial charge in [0.05, 0.1) is 10.9 Å². The molecular formula is C25H28ClN3O3S. The fraction of sp³-hybridized carbons (Fsp3) is 0.280. The molecule has 0 bridgehead atoms. The molecule has 8 heteroatoms. The number of piperazine rings is 1. The number of ether oxygens (including phenoxy) is 1. The monoisotopic (exact) mass is 485 g/mol. The predicted molar refractivity (Wildman–Crippen MR) is 131 cm³/mol. The maximum atomic E-state index is 13.2. The van der Waals surface area contributed by atoms with E-state index < -0.39 is 16.1 Å². The molecule has 6 nitrogen and oxygen atoms in total. The highest BCUT2D eigenvalue weighted by Crippen LogP contribution is 2.25. The summed E-state index contributed by atoms with van der Waals surface area (Å²) >= 11 is 6.06. The summed E-state index contributed by atoms with van der Waals surface area (Å²) in [4.78, 5) is 4.76. The normalized spacial score (nSPS) is 16.4. The van der Waals surface area contributed by atoms with Crippen LogP contribution in [0.5, 0.6) is 11.5 Å². The minimum atomic E-state index is -3.74. The molecule has 174 valence electrons. The molecule has 1 unspecified atom stereocenters. The number of nitrogens with one attached hydrogen (secondary N) is 1. The van der Waals surface area contributed by atoms with Gasteiger partial charge < -0.3 is 9.64 Å². The first-order chi connectivity index (χ1) is 15.9. The number of halogens is 1. The quantitative estimate of drug-likeness (QED) is 0.512. The summed E-state index contributed by atoms with van der Waals surface area (Å²) in [5, 5.41) is 0.619. The standard InChI is InChI=1S/C25H28ClN3O3S/c1-28-15-17-29(18-16-28)19-25(20-7-9-21(26)10-8-20)27-33(30,31)24-13-11-23(12-14-24)32-22-5-3-2-4-6-22/h2-14,25,27H,15-19H2,1H3. The first-order valence-corrected chi connectivity index (χ1v) is 12.8. The summed E-state index contributed by atoms with van der Waals surface area (Å²) in [5.74, 6) is 1.27. The van der Waals surface area contributed by atoms with Crippen molar-refractivity contribution in [3.63, 3.8) is 0 Å². The molecule has 1 N–H and O–H groups in total. The Labute approximate surface area is 200 Å². The van der Waals surface area contributed by atoms with Gasteiger partial charge in [0, 0.05) is 37.7 Å². The number of nitrogens with zero attached hydrogens (tertiary/aromatic N) is 2. The topological polar surface area (TPSA) is 61.9 Å². The summed E-state index contributed by atoms with van der Waals surface area (Å²) in [6, 6.07) is 22.8. The Morgan fingerprint density at radius 2 is 1.48 bits per heavy atom. The van der Waals surface area contributed by atoms with Crippen molar-refractivity contribution in [1.29, 1.82) is 0 Å². The highest BCUT2D eigenvalue weighted by Gasteiger charge is 2.25. The molecule has 0 amide bonds. The van der Waals surface area contributed by atoms with Gasteiger partial charge in [-0.1, -0.05) is 41.9 Å². The lowest BCUT2D eigenvalue weighted by molar-refractivity contribution is 0.145. The van der Waals surface area contributed by atoms with Gasteiger partial charge in [0.25, 0.3) is 0 Å². The first kappa shape index (κ1) is 23.7. The third kappa shape index (κ3) is 6.56. The zero-order valence-corrected chi connectivity index (χ0v) is 20.1. The number of hydrogen-bond acceptors (Lipinski definition) is 5. The Bertz CT molecular complexity index is 1130. The third-order valence-corrected chi connectivity index (χ3v) is 7.46. The van der Waals surface area contributed by atoms with E-state index in [2.05, 4.69) is 21.6 Å². The van der Waals surface area contributed by atoms with Crippen LogP contribution in [0.4, 0.5) is 0 Å². The summed E-state index contributed by atoms with van der Waals surface area (Å²) < 4.78 is 35.2. The third-order valence-electron chi connectivity index (χ3n) is 5.72. The van der Waals surface area contributed by atoms with Crippen LogP contribution in [0.2, 0.25) is 5.02 Å². The van der Waals surface area contributed by atoms with Crippen LogP contribution in [0.3, 0.4) is 0 Å². The maximum Gasteiger partial charge on any atom is 0.241 e. The smallest absolute Gasteiger partial charge is 0.241 e. The molecule has 0 saturated carbocycles. The van der Waals surface area contributed by atoms with Gasteiger partial charge in [0.15, 0.2) is 0 Å². The Morgan fingerprint density at radius 1 is 0.879 bits per heavy atom. The predicted octanol–water partition coefficient (Wildman–Crippen LogP) is 4.40. The molecule has 0 aromatic heterocycles. The molecule has 3 aromatic carbocycles. The minimum Gasteiger partial charge on any atom is -0.457 e. The van der Waals surface area contributed by atoms with E-state index in [1.165, 1.54) is 0 Å². The molecule has 4 rings (SSSR count). The highest BCUT2D eigenvalue weighted by molar-refractivity contribution is 7.89. The van der Waals surface area contributed by atoms with Crippen LogP contribution >= 0.6 is 11.6 Å². The van der Waals surface area contributed by atoms with Gasteiger partial charge in [0.1, 0.15) is 11.5 Å². The van der Waals surface area contributed by atoms with E-state index >= 15 is 0 Å². The van der Waals surface area contributed by atoms with Crippen molar-refractivity contribution in [3.05, 3.63) is 89.4 Å². The van der Waals surface area contributed by atoms with Crippen molar-refractivity contribution in [2.45, 2.75) is 10.9 Å². The first-order valence-electron chi connectivity index (χ1n) is 10.9. The Balaban J connectivity index is 1.50. The van der Waals surface area contributed by atoms with Gasteiger partial charge in [-0.25, -0.2) is 13.1 Å². The van der Waals surface area contributed by atoms with Gasteiger partial charge in [-0.2, -0.15) is 0 Å². The van der Waals surface area contributed by atoms with Gasteiger partial charge in [-0.3, -0.25) is 4.90 Å². The Kier molecular flexibility index (Phi) is 7.67. The number of hydrogen-bond donors (Lipinski definition) is 1. The van der Waals surface area contributed by atoms with E-state index in [9.17, 15) is 8.42 Å². The average Bonchev–Trinajstić information content (AvgIpc) is 2.81. The number of benzene rings is 3. The van der Waals surface area contributed by atoms with E-state index in [-0.39, 0.29) is 4.90 Å². The van der Waals surface area contributed by atoms with Crippen LogP contribution in [-0.2, 0) is 10.0 Å². The molecule has 1 atom stereocenters. The molecule has 0 radical (unpaired) electrons. The van der Waals surface area contributed by atoms with E-state index in [0.717, 1.165) is 31.7 Å². The second-order valence-corrected chi connectivity index (χ2v) is 10.4. The molecule has 3 aromatic rings. The van der Waals surface area contributed by atoms with E-state index in [1.807, 2.05) is 42.5 Å². The van der Waals surface area contributed by atoms with Crippen molar-refractivity contribution in [1.82, 2.24) is 14.5 Å². The molecule has 1 aliphatic heterocycles. The zero-order valence-electron chi connectivity index (χ0n) is 18.5. The summed E-state index contributed by atoms with van der Waals surface area (Å²) in [6.45, 7) is 4.30. The highest BCUT2D eigenvalue weighted by atomic mass is 35.5. The van der Waals surface area contributed by atoms with Gasteiger partial charge in [-0.05, 0) is 61.1 Å². The molecule has 1 fully saturated rings. The number of likely N-dealkylation sites (N-methyl/N-ethyl adjacent to an activating group) is 1. The second-order valence-electron chi connectivity index (χ2n) is 8.22. The van der Waals surface area contributed by atoms with Crippen LogP contribution in [0.25, 0.3) is 0 Å². The summed E-state index contributed by atoms with van der Waals surface area (Å²) in [6.07, 6.45) is 0. The number of sulfonamides is 1. The van der Waals surface area contributed by atoms with Gasteiger partial charge in [-0.15, -0.1) is 0 Å². The fourth-order valence-electron chi connectivity index (χ4n) is 3.76. The summed E-state index contributed by atoms with van der Waals surface area (Å²) in [7, 11) is -1.65. The lowest BCUT2D eigenvalue weighted by atomic mass is 10.1. The Hall–Kier alpha value is -2.42. The van der Waals surface area contributed by atoms with Gasteiger partial charge >= 0.3 is 0 Å². The number of para-hydroxylation sites is 1. The van der Waals surface area contributed by atoms with Crippen LogP contribution in [0.1, 0.15) is 11.6 Å². The fourth-order valence-corrected chi connectivity index (χ4v) is 5.10. The molecule has 1 aliphatic rings. The van der Waals surface area contributed by atoms with Gasteiger partial charge in [0.2, 0.25) is 10.0 Å². The molecule has 0 spiro atoms. The van der Waals surface area contributed by atoms with Crippen molar-refractivity contribution in [2.75, 3.05) is 39.8 Å². The van der Waals surface area contributed by atoms with Crippen molar-refractivity contribution >= 4 is 21.6 Å². The van der Waals surface area contributed by atoms with E-state index in [0.29, 0.717) is 23.1 Å².